The van der Waals surface area contributed by atoms with Crippen LogP contribution in [0.15, 0.2) is 12.1 Å². The van der Waals surface area contributed by atoms with Crippen molar-refractivity contribution in [3.63, 3.8) is 0 Å². The van der Waals surface area contributed by atoms with Crippen molar-refractivity contribution in [1.29, 1.82) is 0 Å². The van der Waals surface area contributed by atoms with Gasteiger partial charge in [0, 0.05) is 6.04 Å². The summed E-state index contributed by atoms with van der Waals surface area (Å²) in [6, 6.07) is 4.42. The van der Waals surface area contributed by atoms with Gasteiger partial charge >= 0.3 is 0 Å². The second kappa shape index (κ2) is 7.90. The molecule has 4 heteroatoms. The molecule has 0 amide bonds. The Morgan fingerprint density at radius 2 is 1.95 bits per heavy atom. The van der Waals surface area contributed by atoms with E-state index in [1.54, 1.807) is 0 Å². The smallest absolute Gasteiger partial charge is 0.141 e. The molecule has 1 aromatic carbocycles. The molecule has 1 unspecified atom stereocenters. The SMILES string of the molecule is CCC(N)Cc1cc(C(C)(C)C)cc(Cl)c1OCC1CC1.Cl. The first-order valence-electron chi connectivity index (χ1n) is 8.02. The second-order valence-electron chi connectivity index (χ2n) is 7.32. The fourth-order valence-electron chi connectivity index (χ4n) is 2.31. The van der Waals surface area contributed by atoms with E-state index in [0.717, 1.165) is 41.7 Å². The van der Waals surface area contributed by atoms with Crippen molar-refractivity contribution in [2.24, 2.45) is 11.7 Å². The van der Waals surface area contributed by atoms with E-state index in [-0.39, 0.29) is 23.9 Å². The molecule has 0 spiro atoms. The fourth-order valence-corrected chi connectivity index (χ4v) is 2.60. The molecule has 22 heavy (non-hydrogen) atoms. The molecule has 1 aromatic rings. The third-order valence-electron chi connectivity index (χ3n) is 4.15. The summed E-state index contributed by atoms with van der Waals surface area (Å²) in [5, 5.41) is 0.723. The summed E-state index contributed by atoms with van der Waals surface area (Å²) in [5.74, 6) is 1.57. The summed E-state index contributed by atoms with van der Waals surface area (Å²) in [6.45, 7) is 9.50. The van der Waals surface area contributed by atoms with E-state index in [4.69, 9.17) is 22.1 Å². The van der Waals surface area contributed by atoms with Gasteiger partial charge in [-0.1, -0.05) is 45.4 Å². The van der Waals surface area contributed by atoms with Crippen molar-refractivity contribution in [3.05, 3.63) is 28.3 Å². The standard InChI is InChI=1S/C18H28ClNO.ClH/c1-5-15(20)9-13-8-14(18(2,3)4)10-16(19)17(13)21-11-12-6-7-12;/h8,10,12,15H,5-7,9,11,20H2,1-4H3;1H. The molecule has 0 saturated heterocycles. The number of hydrogen-bond acceptors (Lipinski definition) is 2. The highest BCUT2D eigenvalue weighted by atomic mass is 35.5. The Balaban J connectivity index is 0.00000242. The van der Waals surface area contributed by atoms with Gasteiger partial charge in [0.1, 0.15) is 5.75 Å². The molecule has 0 heterocycles. The Morgan fingerprint density at radius 1 is 1.32 bits per heavy atom. The molecule has 0 aliphatic heterocycles. The van der Waals surface area contributed by atoms with Crippen molar-refractivity contribution in [2.75, 3.05) is 6.61 Å². The van der Waals surface area contributed by atoms with Crippen LogP contribution in [0.2, 0.25) is 5.02 Å². The summed E-state index contributed by atoms with van der Waals surface area (Å²) in [5.41, 5.74) is 8.62. The van der Waals surface area contributed by atoms with E-state index < -0.39 is 0 Å². The number of ether oxygens (including phenoxy) is 1. The maximum atomic E-state index is 6.51. The van der Waals surface area contributed by atoms with E-state index in [0.29, 0.717) is 0 Å². The molecule has 1 aliphatic carbocycles. The Hall–Kier alpha value is -0.440. The largest absolute Gasteiger partial charge is 0.491 e. The van der Waals surface area contributed by atoms with Crippen LogP contribution in [0, 0.1) is 5.92 Å². The van der Waals surface area contributed by atoms with Gasteiger partial charge in [-0.25, -0.2) is 0 Å². The van der Waals surface area contributed by atoms with E-state index in [9.17, 15) is 0 Å². The maximum Gasteiger partial charge on any atom is 0.141 e. The zero-order chi connectivity index (χ0) is 15.6. The predicted octanol–water partition coefficient (Wildman–Crippen LogP) is 5.13. The highest BCUT2D eigenvalue weighted by Crippen LogP contribution is 2.37. The van der Waals surface area contributed by atoms with E-state index in [1.165, 1.54) is 18.4 Å². The number of rotatable bonds is 6. The maximum absolute atomic E-state index is 6.51. The topological polar surface area (TPSA) is 35.2 Å². The minimum atomic E-state index is 0. The van der Waals surface area contributed by atoms with Gasteiger partial charge < -0.3 is 10.5 Å². The van der Waals surface area contributed by atoms with Crippen LogP contribution in [-0.4, -0.2) is 12.6 Å². The number of benzene rings is 1. The molecule has 2 rings (SSSR count). The van der Waals surface area contributed by atoms with Crippen LogP contribution in [0.5, 0.6) is 5.75 Å². The van der Waals surface area contributed by atoms with Gasteiger partial charge in [-0.15, -0.1) is 12.4 Å². The van der Waals surface area contributed by atoms with E-state index in [2.05, 4.69) is 33.8 Å². The molecular formula is C18H29Cl2NO. The van der Waals surface area contributed by atoms with E-state index in [1.807, 2.05) is 6.07 Å². The second-order valence-corrected chi connectivity index (χ2v) is 7.73. The van der Waals surface area contributed by atoms with Crippen LogP contribution in [0.25, 0.3) is 0 Å². The minimum absolute atomic E-state index is 0. The first-order valence-corrected chi connectivity index (χ1v) is 8.40. The van der Waals surface area contributed by atoms with Gasteiger partial charge in [-0.05, 0) is 54.2 Å². The molecular weight excluding hydrogens is 317 g/mol. The molecule has 1 atom stereocenters. The van der Waals surface area contributed by atoms with Crippen LogP contribution < -0.4 is 10.5 Å². The van der Waals surface area contributed by atoms with E-state index >= 15 is 0 Å². The number of nitrogens with two attached hydrogens (primary N) is 1. The lowest BCUT2D eigenvalue weighted by atomic mass is 9.85. The summed E-state index contributed by atoms with van der Waals surface area (Å²) in [6.07, 6.45) is 4.34. The molecule has 1 saturated carbocycles. The molecule has 0 radical (unpaired) electrons. The Labute approximate surface area is 146 Å². The lowest BCUT2D eigenvalue weighted by Crippen LogP contribution is -2.22. The Bertz CT molecular complexity index is 493. The van der Waals surface area contributed by atoms with Gasteiger partial charge in [0.25, 0.3) is 0 Å². The van der Waals surface area contributed by atoms with Crippen molar-refractivity contribution in [3.8, 4) is 5.75 Å². The first-order chi connectivity index (χ1) is 9.81. The average molecular weight is 346 g/mol. The van der Waals surface area contributed by atoms with Crippen molar-refractivity contribution >= 4 is 24.0 Å². The zero-order valence-corrected chi connectivity index (χ0v) is 15.7. The number of hydrogen-bond donors (Lipinski definition) is 1. The molecule has 126 valence electrons. The lowest BCUT2D eigenvalue weighted by molar-refractivity contribution is 0.296. The fraction of sp³-hybridized carbons (Fsp3) is 0.667. The van der Waals surface area contributed by atoms with Gasteiger partial charge in [0.15, 0.2) is 0 Å². The highest BCUT2D eigenvalue weighted by Gasteiger charge is 2.24. The molecule has 2 N–H and O–H groups in total. The molecule has 1 aliphatic rings. The first kappa shape index (κ1) is 19.6. The van der Waals surface area contributed by atoms with Crippen LogP contribution in [-0.2, 0) is 11.8 Å². The summed E-state index contributed by atoms with van der Waals surface area (Å²) >= 11 is 6.51. The van der Waals surface area contributed by atoms with Crippen LogP contribution in [0.3, 0.4) is 0 Å². The molecule has 0 aromatic heterocycles. The van der Waals surface area contributed by atoms with Crippen molar-refractivity contribution in [1.82, 2.24) is 0 Å². The van der Waals surface area contributed by atoms with Crippen molar-refractivity contribution < 1.29 is 4.74 Å². The third-order valence-corrected chi connectivity index (χ3v) is 4.43. The van der Waals surface area contributed by atoms with Crippen LogP contribution in [0.1, 0.15) is 58.1 Å². The molecule has 0 bridgehead atoms. The van der Waals surface area contributed by atoms with Gasteiger partial charge in [0.05, 0.1) is 11.6 Å². The summed E-state index contributed by atoms with van der Waals surface area (Å²) in [4.78, 5) is 0. The third kappa shape index (κ3) is 5.33. The summed E-state index contributed by atoms with van der Waals surface area (Å²) in [7, 11) is 0. The van der Waals surface area contributed by atoms with Gasteiger partial charge in [0.2, 0.25) is 0 Å². The average Bonchev–Trinajstić information content (AvgIpc) is 3.20. The molecule has 2 nitrogen and oxygen atoms in total. The van der Waals surface area contributed by atoms with Crippen LogP contribution in [0.4, 0.5) is 0 Å². The predicted molar refractivity (Wildman–Crippen MR) is 97.6 cm³/mol. The van der Waals surface area contributed by atoms with Crippen molar-refractivity contribution in [2.45, 2.75) is 64.8 Å². The Kier molecular flexibility index (Phi) is 7.04. The quantitative estimate of drug-likeness (QED) is 0.775. The van der Waals surface area contributed by atoms with Gasteiger partial charge in [-0.3, -0.25) is 0 Å². The normalized spacial score (nSPS) is 16.1. The zero-order valence-electron chi connectivity index (χ0n) is 14.1. The van der Waals surface area contributed by atoms with Crippen LogP contribution >= 0.6 is 24.0 Å². The summed E-state index contributed by atoms with van der Waals surface area (Å²) < 4.78 is 6.02. The Morgan fingerprint density at radius 3 is 2.45 bits per heavy atom. The lowest BCUT2D eigenvalue weighted by Gasteiger charge is -2.23. The molecule has 1 fully saturated rings. The monoisotopic (exact) mass is 345 g/mol. The van der Waals surface area contributed by atoms with Gasteiger partial charge in [-0.2, -0.15) is 0 Å². The highest BCUT2D eigenvalue weighted by molar-refractivity contribution is 6.32. The number of halogens is 2. The minimum Gasteiger partial charge on any atom is -0.491 e.